The van der Waals surface area contributed by atoms with Gasteiger partial charge in [-0.1, -0.05) is 29.8 Å². The Balaban J connectivity index is 1.72. The maximum absolute atomic E-state index is 12.4. The van der Waals surface area contributed by atoms with Crippen LogP contribution in [0, 0.1) is 6.92 Å². The molecule has 0 saturated carbocycles. The monoisotopic (exact) mass is 387 g/mol. The van der Waals surface area contributed by atoms with E-state index < -0.39 is 0 Å². The van der Waals surface area contributed by atoms with Crippen LogP contribution in [0.15, 0.2) is 47.3 Å². The van der Waals surface area contributed by atoms with Gasteiger partial charge < -0.3 is 5.32 Å². The predicted octanol–water partition coefficient (Wildman–Crippen LogP) is 3.47. The number of benzene rings is 1. The second-order valence-corrected chi connectivity index (χ2v) is 6.38. The summed E-state index contributed by atoms with van der Waals surface area (Å²) in [4.78, 5) is 12.4. The van der Waals surface area contributed by atoms with Crippen molar-refractivity contribution in [2.75, 3.05) is 5.32 Å². The summed E-state index contributed by atoms with van der Waals surface area (Å²) >= 11 is 3.36. The number of anilines is 1. The largest absolute Gasteiger partial charge is 0.318 e. The molecule has 3 aromatic rings. The minimum Gasteiger partial charge on any atom is -0.318 e. The van der Waals surface area contributed by atoms with Crippen LogP contribution in [0.25, 0.3) is 0 Å². The molecule has 0 aliphatic heterocycles. The van der Waals surface area contributed by atoms with Gasteiger partial charge >= 0.3 is 0 Å². The number of aryl methyl sites for hydroxylation is 2. The Morgan fingerprint density at radius 2 is 2.12 bits per heavy atom. The lowest BCUT2D eigenvalue weighted by molar-refractivity contribution is 0.101. The number of aromatic nitrogens is 4. The zero-order valence-electron chi connectivity index (χ0n) is 13.5. The molecule has 7 heteroatoms. The fourth-order valence-corrected chi connectivity index (χ4v) is 3.01. The standard InChI is InChI=1S/C17H18BrN5O/c1-3-23-16(15(18)9-20-23)17(24)21-14-8-19-22(11-14)10-13-6-4-5-12(2)7-13/h4-9,11H,3,10H2,1-2H3,(H,21,24). The lowest BCUT2D eigenvalue weighted by atomic mass is 10.1. The summed E-state index contributed by atoms with van der Waals surface area (Å²) in [5.74, 6) is -0.212. The number of halogens is 1. The van der Waals surface area contributed by atoms with Crippen LogP contribution in [0.3, 0.4) is 0 Å². The summed E-state index contributed by atoms with van der Waals surface area (Å²) in [5.41, 5.74) is 3.54. The van der Waals surface area contributed by atoms with Gasteiger partial charge in [-0.05, 0) is 35.3 Å². The molecule has 3 rings (SSSR count). The third-order valence-electron chi connectivity index (χ3n) is 3.63. The van der Waals surface area contributed by atoms with Crippen molar-refractivity contribution in [3.63, 3.8) is 0 Å². The maximum Gasteiger partial charge on any atom is 0.275 e. The van der Waals surface area contributed by atoms with Gasteiger partial charge in [0.2, 0.25) is 0 Å². The zero-order valence-corrected chi connectivity index (χ0v) is 15.1. The molecule has 0 fully saturated rings. The summed E-state index contributed by atoms with van der Waals surface area (Å²) < 4.78 is 4.13. The fourth-order valence-electron chi connectivity index (χ4n) is 2.53. The Bertz CT molecular complexity index is 868. The fraction of sp³-hybridized carbons (Fsp3) is 0.235. The molecule has 24 heavy (non-hydrogen) atoms. The summed E-state index contributed by atoms with van der Waals surface area (Å²) in [7, 11) is 0. The SMILES string of the molecule is CCn1ncc(Br)c1C(=O)Nc1cnn(Cc2cccc(C)c2)c1. The third kappa shape index (κ3) is 3.56. The molecule has 1 aromatic carbocycles. The first-order chi connectivity index (χ1) is 11.6. The van der Waals surface area contributed by atoms with Crippen molar-refractivity contribution >= 4 is 27.5 Å². The van der Waals surface area contributed by atoms with Crippen LogP contribution in [-0.2, 0) is 13.1 Å². The Morgan fingerprint density at radius 1 is 1.29 bits per heavy atom. The molecule has 0 aliphatic rings. The number of carbonyl (C=O) groups excluding carboxylic acids is 1. The van der Waals surface area contributed by atoms with Gasteiger partial charge in [-0.15, -0.1) is 0 Å². The van der Waals surface area contributed by atoms with Crippen LogP contribution >= 0.6 is 15.9 Å². The van der Waals surface area contributed by atoms with Gasteiger partial charge in [0, 0.05) is 12.7 Å². The Labute approximate surface area is 148 Å². The molecule has 0 atom stereocenters. The van der Waals surface area contributed by atoms with Gasteiger partial charge in [-0.2, -0.15) is 10.2 Å². The van der Waals surface area contributed by atoms with E-state index in [1.165, 1.54) is 11.1 Å². The highest BCUT2D eigenvalue weighted by atomic mass is 79.9. The Morgan fingerprint density at radius 3 is 2.88 bits per heavy atom. The molecule has 1 amide bonds. The molecule has 2 aromatic heterocycles. The molecule has 1 N–H and O–H groups in total. The smallest absolute Gasteiger partial charge is 0.275 e. The van der Waals surface area contributed by atoms with Crippen molar-refractivity contribution in [3.8, 4) is 0 Å². The molecule has 2 heterocycles. The van der Waals surface area contributed by atoms with E-state index in [-0.39, 0.29) is 5.91 Å². The van der Waals surface area contributed by atoms with E-state index in [0.29, 0.717) is 28.9 Å². The minimum atomic E-state index is -0.212. The van der Waals surface area contributed by atoms with Crippen molar-refractivity contribution in [2.45, 2.75) is 26.9 Å². The first-order valence-corrected chi connectivity index (χ1v) is 8.46. The molecule has 0 saturated heterocycles. The third-order valence-corrected chi connectivity index (χ3v) is 4.21. The van der Waals surface area contributed by atoms with Crippen LogP contribution in [0.1, 0.15) is 28.5 Å². The highest BCUT2D eigenvalue weighted by Gasteiger charge is 2.17. The number of rotatable bonds is 5. The van der Waals surface area contributed by atoms with E-state index in [4.69, 9.17) is 0 Å². The maximum atomic E-state index is 12.4. The molecule has 0 aliphatic carbocycles. The van der Waals surface area contributed by atoms with Gasteiger partial charge in [0.25, 0.3) is 5.91 Å². The summed E-state index contributed by atoms with van der Waals surface area (Å²) in [6.45, 7) is 5.29. The molecule has 0 radical (unpaired) electrons. The average Bonchev–Trinajstić information content (AvgIpc) is 3.13. The number of nitrogens with one attached hydrogen (secondary N) is 1. The quantitative estimate of drug-likeness (QED) is 0.728. The van der Waals surface area contributed by atoms with Gasteiger partial charge in [-0.3, -0.25) is 14.2 Å². The molecule has 0 bridgehead atoms. The highest BCUT2D eigenvalue weighted by Crippen LogP contribution is 2.18. The molecule has 124 valence electrons. The molecule has 6 nitrogen and oxygen atoms in total. The molecular formula is C17H18BrN5O. The van der Waals surface area contributed by atoms with Crippen molar-refractivity contribution in [1.82, 2.24) is 19.6 Å². The van der Waals surface area contributed by atoms with Crippen molar-refractivity contribution in [2.24, 2.45) is 0 Å². The zero-order chi connectivity index (χ0) is 17.1. The first-order valence-electron chi connectivity index (χ1n) is 7.67. The van der Waals surface area contributed by atoms with Crippen molar-refractivity contribution in [3.05, 3.63) is 64.1 Å². The number of nitrogens with zero attached hydrogens (tertiary/aromatic N) is 4. The van der Waals surface area contributed by atoms with Crippen LogP contribution in [0.2, 0.25) is 0 Å². The summed E-state index contributed by atoms with van der Waals surface area (Å²) in [6, 6.07) is 8.27. The lowest BCUT2D eigenvalue weighted by Crippen LogP contribution is -2.17. The van der Waals surface area contributed by atoms with E-state index >= 15 is 0 Å². The van der Waals surface area contributed by atoms with Crippen LogP contribution < -0.4 is 5.32 Å². The van der Waals surface area contributed by atoms with E-state index in [0.717, 1.165) is 0 Å². The topological polar surface area (TPSA) is 64.7 Å². The summed E-state index contributed by atoms with van der Waals surface area (Å²) in [5, 5.41) is 11.3. The van der Waals surface area contributed by atoms with Gasteiger partial charge in [0.1, 0.15) is 5.69 Å². The number of carbonyl (C=O) groups is 1. The van der Waals surface area contributed by atoms with Gasteiger partial charge in [0.05, 0.1) is 29.1 Å². The van der Waals surface area contributed by atoms with Crippen molar-refractivity contribution < 1.29 is 4.79 Å². The van der Waals surface area contributed by atoms with Gasteiger partial charge in [0.15, 0.2) is 0 Å². The van der Waals surface area contributed by atoms with Crippen LogP contribution in [0.4, 0.5) is 5.69 Å². The predicted molar refractivity (Wildman–Crippen MR) is 96.1 cm³/mol. The number of hydrogen-bond acceptors (Lipinski definition) is 3. The Kier molecular flexibility index (Phi) is 4.80. The minimum absolute atomic E-state index is 0.212. The molecular weight excluding hydrogens is 370 g/mol. The van der Waals surface area contributed by atoms with Crippen molar-refractivity contribution in [1.29, 1.82) is 0 Å². The second-order valence-electron chi connectivity index (χ2n) is 5.53. The van der Waals surface area contributed by atoms with Crippen LogP contribution in [0.5, 0.6) is 0 Å². The Hall–Kier alpha value is -2.41. The van der Waals surface area contributed by atoms with Crippen LogP contribution in [-0.4, -0.2) is 25.5 Å². The van der Waals surface area contributed by atoms with Gasteiger partial charge in [-0.25, -0.2) is 0 Å². The molecule has 0 unspecified atom stereocenters. The second kappa shape index (κ2) is 7.00. The van der Waals surface area contributed by atoms with E-state index in [2.05, 4.69) is 56.6 Å². The van der Waals surface area contributed by atoms with E-state index in [1.54, 1.807) is 21.8 Å². The lowest BCUT2D eigenvalue weighted by Gasteiger charge is -2.06. The highest BCUT2D eigenvalue weighted by molar-refractivity contribution is 9.10. The number of hydrogen-bond donors (Lipinski definition) is 1. The molecule has 0 spiro atoms. The van der Waals surface area contributed by atoms with E-state index in [9.17, 15) is 4.79 Å². The normalized spacial score (nSPS) is 10.8. The first kappa shape index (κ1) is 16.4. The average molecular weight is 388 g/mol. The summed E-state index contributed by atoms with van der Waals surface area (Å²) in [6.07, 6.45) is 5.09. The number of amides is 1. The van der Waals surface area contributed by atoms with E-state index in [1.807, 2.05) is 19.2 Å².